The molecule has 0 aliphatic rings. The van der Waals surface area contributed by atoms with Crippen LogP contribution in [0, 0.1) is 13.8 Å². The predicted molar refractivity (Wildman–Crippen MR) is 59.9 cm³/mol. The van der Waals surface area contributed by atoms with Crippen molar-refractivity contribution in [3.63, 3.8) is 0 Å². The first kappa shape index (κ1) is 11.6. The molecule has 1 heterocycles. The fraction of sp³-hybridized carbons (Fsp3) is 0.417. The Balaban J connectivity index is 2.81. The quantitative estimate of drug-likeness (QED) is 0.559. The topological polar surface area (TPSA) is 42.9 Å². The van der Waals surface area contributed by atoms with E-state index in [1.54, 1.807) is 13.0 Å². The Morgan fingerprint density at radius 3 is 2.60 bits per heavy atom. The summed E-state index contributed by atoms with van der Waals surface area (Å²) in [5, 5.41) is 7.83. The maximum atomic E-state index is 11.8. The molecule has 1 rings (SSSR count). The Morgan fingerprint density at radius 1 is 1.33 bits per heavy atom. The molecule has 0 saturated carbocycles. The molecule has 0 aromatic carbocycles. The molecular formula is C12H16N2O. The van der Waals surface area contributed by atoms with Crippen LogP contribution in [0.15, 0.2) is 18.2 Å². The van der Waals surface area contributed by atoms with Crippen molar-refractivity contribution in [2.45, 2.75) is 33.6 Å². The van der Waals surface area contributed by atoms with E-state index in [9.17, 15) is 4.79 Å². The van der Waals surface area contributed by atoms with Gasteiger partial charge >= 0.3 is 0 Å². The van der Waals surface area contributed by atoms with Crippen LogP contribution >= 0.6 is 0 Å². The molecule has 0 fully saturated rings. The van der Waals surface area contributed by atoms with Crippen LogP contribution in [-0.2, 0) is 0 Å². The monoisotopic (exact) mass is 204 g/mol. The summed E-state index contributed by atoms with van der Waals surface area (Å²) in [6, 6.07) is 1.79. The largest absolute Gasteiger partial charge is 0.294 e. The standard InChI is InChI=1S/C12H16N2O/c1-8(2)5-6-12(15)11-7-9(3)13-14-10(11)4/h7H,1,5-6H2,2-4H3. The van der Waals surface area contributed by atoms with E-state index in [1.807, 2.05) is 13.8 Å². The number of nitrogens with zero attached hydrogens (tertiary/aromatic N) is 2. The predicted octanol–water partition coefficient (Wildman–Crippen LogP) is 2.63. The first-order valence-corrected chi connectivity index (χ1v) is 4.99. The molecule has 0 saturated heterocycles. The SMILES string of the molecule is C=C(C)CCC(=O)c1cc(C)nnc1C. The smallest absolute Gasteiger partial charge is 0.165 e. The summed E-state index contributed by atoms with van der Waals surface area (Å²) >= 11 is 0. The Hall–Kier alpha value is -1.51. The molecule has 3 nitrogen and oxygen atoms in total. The second kappa shape index (κ2) is 4.82. The van der Waals surface area contributed by atoms with Crippen molar-refractivity contribution < 1.29 is 4.79 Å². The van der Waals surface area contributed by atoms with Gasteiger partial charge in [0, 0.05) is 12.0 Å². The minimum atomic E-state index is 0.119. The zero-order chi connectivity index (χ0) is 11.4. The number of carbonyl (C=O) groups excluding carboxylic acids is 1. The lowest BCUT2D eigenvalue weighted by molar-refractivity contribution is 0.0981. The third-order valence-electron chi connectivity index (χ3n) is 2.18. The summed E-state index contributed by atoms with van der Waals surface area (Å²) in [6.07, 6.45) is 1.24. The van der Waals surface area contributed by atoms with E-state index >= 15 is 0 Å². The summed E-state index contributed by atoms with van der Waals surface area (Å²) in [6.45, 7) is 9.35. The van der Waals surface area contributed by atoms with Crippen LogP contribution < -0.4 is 0 Å². The summed E-state index contributed by atoms with van der Waals surface area (Å²) < 4.78 is 0. The van der Waals surface area contributed by atoms with Gasteiger partial charge in [-0.15, -0.1) is 6.58 Å². The lowest BCUT2D eigenvalue weighted by atomic mass is 10.0. The van der Waals surface area contributed by atoms with Gasteiger partial charge < -0.3 is 0 Å². The second-order valence-corrected chi connectivity index (χ2v) is 3.87. The van der Waals surface area contributed by atoms with E-state index in [1.165, 1.54) is 0 Å². The van der Waals surface area contributed by atoms with E-state index in [0.717, 1.165) is 17.7 Å². The van der Waals surface area contributed by atoms with E-state index in [0.29, 0.717) is 17.7 Å². The summed E-state index contributed by atoms with van der Waals surface area (Å²) in [4.78, 5) is 11.8. The molecule has 0 spiro atoms. The second-order valence-electron chi connectivity index (χ2n) is 3.87. The van der Waals surface area contributed by atoms with Crippen molar-refractivity contribution in [1.82, 2.24) is 10.2 Å². The van der Waals surface area contributed by atoms with Gasteiger partial charge in [0.15, 0.2) is 5.78 Å². The zero-order valence-corrected chi connectivity index (χ0v) is 9.50. The van der Waals surface area contributed by atoms with Crippen molar-refractivity contribution in [2.24, 2.45) is 0 Å². The summed E-state index contributed by atoms with van der Waals surface area (Å²) in [5.41, 5.74) is 3.19. The van der Waals surface area contributed by atoms with Gasteiger partial charge in [0.1, 0.15) is 0 Å². The number of allylic oxidation sites excluding steroid dienone is 1. The molecule has 0 aliphatic heterocycles. The fourth-order valence-electron chi connectivity index (χ4n) is 1.29. The highest BCUT2D eigenvalue weighted by Gasteiger charge is 2.10. The lowest BCUT2D eigenvalue weighted by Gasteiger charge is -2.04. The highest BCUT2D eigenvalue weighted by Crippen LogP contribution is 2.11. The molecule has 0 amide bonds. The molecule has 15 heavy (non-hydrogen) atoms. The molecule has 1 aromatic heterocycles. The van der Waals surface area contributed by atoms with Crippen LogP contribution in [0.5, 0.6) is 0 Å². The number of ketones is 1. The lowest BCUT2D eigenvalue weighted by Crippen LogP contribution is -2.05. The molecule has 3 heteroatoms. The Bertz CT molecular complexity index is 397. The van der Waals surface area contributed by atoms with E-state index < -0.39 is 0 Å². The third-order valence-corrected chi connectivity index (χ3v) is 2.18. The highest BCUT2D eigenvalue weighted by molar-refractivity contribution is 5.97. The third kappa shape index (κ3) is 3.27. The zero-order valence-electron chi connectivity index (χ0n) is 9.50. The molecule has 0 aliphatic carbocycles. The van der Waals surface area contributed by atoms with Gasteiger partial charge in [-0.05, 0) is 33.3 Å². The molecular weight excluding hydrogens is 188 g/mol. The van der Waals surface area contributed by atoms with Gasteiger partial charge in [-0.2, -0.15) is 10.2 Å². The van der Waals surface area contributed by atoms with Crippen LogP contribution in [0.1, 0.15) is 41.5 Å². The molecule has 0 radical (unpaired) electrons. The van der Waals surface area contributed by atoms with E-state index in [2.05, 4.69) is 16.8 Å². The molecule has 0 bridgehead atoms. The minimum absolute atomic E-state index is 0.119. The van der Waals surface area contributed by atoms with Crippen molar-refractivity contribution in [1.29, 1.82) is 0 Å². The minimum Gasteiger partial charge on any atom is -0.294 e. The number of aromatic nitrogens is 2. The molecule has 1 aromatic rings. The fourth-order valence-corrected chi connectivity index (χ4v) is 1.29. The van der Waals surface area contributed by atoms with Crippen LogP contribution in [-0.4, -0.2) is 16.0 Å². The van der Waals surface area contributed by atoms with Crippen LogP contribution in [0.3, 0.4) is 0 Å². The number of hydrogen-bond donors (Lipinski definition) is 0. The first-order valence-electron chi connectivity index (χ1n) is 4.99. The summed E-state index contributed by atoms with van der Waals surface area (Å²) in [5.74, 6) is 0.119. The Labute approximate surface area is 90.2 Å². The van der Waals surface area contributed by atoms with Crippen molar-refractivity contribution in [2.75, 3.05) is 0 Å². The van der Waals surface area contributed by atoms with Crippen molar-refractivity contribution >= 4 is 5.78 Å². The van der Waals surface area contributed by atoms with Crippen LogP contribution in [0.25, 0.3) is 0 Å². The van der Waals surface area contributed by atoms with Gasteiger partial charge in [0.2, 0.25) is 0 Å². The number of carbonyl (C=O) groups is 1. The van der Waals surface area contributed by atoms with Gasteiger partial charge in [0.05, 0.1) is 11.4 Å². The van der Waals surface area contributed by atoms with Gasteiger partial charge in [0.25, 0.3) is 0 Å². The summed E-state index contributed by atoms with van der Waals surface area (Å²) in [7, 11) is 0. The van der Waals surface area contributed by atoms with E-state index in [4.69, 9.17) is 0 Å². The van der Waals surface area contributed by atoms with Crippen LogP contribution in [0.2, 0.25) is 0 Å². The first-order chi connectivity index (χ1) is 7.00. The Morgan fingerprint density at radius 2 is 2.00 bits per heavy atom. The number of hydrogen-bond acceptors (Lipinski definition) is 3. The molecule has 0 N–H and O–H groups in total. The average Bonchev–Trinajstić information content (AvgIpc) is 2.18. The van der Waals surface area contributed by atoms with Crippen LogP contribution in [0.4, 0.5) is 0 Å². The van der Waals surface area contributed by atoms with Gasteiger partial charge in [-0.25, -0.2) is 0 Å². The number of Topliss-reactive ketones (excluding diaryl/α,β-unsaturated/α-hetero) is 1. The maximum Gasteiger partial charge on any atom is 0.165 e. The van der Waals surface area contributed by atoms with E-state index in [-0.39, 0.29) is 5.78 Å². The van der Waals surface area contributed by atoms with Crippen molar-refractivity contribution in [3.8, 4) is 0 Å². The normalized spacial score (nSPS) is 10.1. The molecule has 80 valence electrons. The maximum absolute atomic E-state index is 11.8. The average molecular weight is 204 g/mol. The molecule has 0 unspecified atom stereocenters. The highest BCUT2D eigenvalue weighted by atomic mass is 16.1. The number of rotatable bonds is 4. The van der Waals surface area contributed by atoms with Gasteiger partial charge in [-0.1, -0.05) is 5.57 Å². The van der Waals surface area contributed by atoms with Gasteiger partial charge in [-0.3, -0.25) is 4.79 Å². The van der Waals surface area contributed by atoms with Crippen molar-refractivity contribution in [3.05, 3.63) is 35.2 Å². The Kier molecular flexibility index (Phi) is 3.72. The number of aryl methyl sites for hydroxylation is 2. The molecule has 0 atom stereocenters.